The fourth-order valence-corrected chi connectivity index (χ4v) is 8.24. The van der Waals surface area contributed by atoms with Crippen LogP contribution in [0.4, 0.5) is 0 Å². The van der Waals surface area contributed by atoms with Crippen molar-refractivity contribution in [3.63, 3.8) is 0 Å². The molecule has 310 valence electrons. The van der Waals surface area contributed by atoms with Crippen LogP contribution in [0, 0.1) is 5.92 Å². The Morgan fingerprint density at radius 3 is 1.08 bits per heavy atom. The van der Waals surface area contributed by atoms with Crippen molar-refractivity contribution in [2.75, 3.05) is 0 Å². The third kappa shape index (κ3) is 34.7. The summed E-state index contributed by atoms with van der Waals surface area (Å²) in [5.74, 6) is 0.259. The van der Waals surface area contributed by atoms with Crippen molar-refractivity contribution in [2.45, 2.75) is 290 Å². The first kappa shape index (κ1) is 50.9. The number of esters is 1. The van der Waals surface area contributed by atoms with Gasteiger partial charge in [-0.2, -0.15) is 0 Å². The van der Waals surface area contributed by atoms with Gasteiger partial charge in [-0.3, -0.25) is 9.59 Å². The van der Waals surface area contributed by atoms with Gasteiger partial charge in [-0.25, -0.2) is 0 Å². The summed E-state index contributed by atoms with van der Waals surface area (Å²) in [6.45, 7) is 9.23. The van der Waals surface area contributed by atoms with E-state index in [0.29, 0.717) is 12.8 Å². The Bertz CT molecular complexity index is 733. The highest BCUT2D eigenvalue weighted by molar-refractivity contribution is 5.69. The smallest absolute Gasteiger partial charge is 0.306 e. The average Bonchev–Trinajstić information content (AvgIpc) is 3.13. The van der Waals surface area contributed by atoms with E-state index in [0.717, 1.165) is 50.9 Å². The van der Waals surface area contributed by atoms with E-state index in [2.05, 4.69) is 27.7 Å². The first-order chi connectivity index (χ1) is 25.4. The molecule has 0 fully saturated rings. The van der Waals surface area contributed by atoms with Gasteiger partial charge in [-0.15, -0.1) is 0 Å². The lowest BCUT2D eigenvalue weighted by Crippen LogP contribution is -2.35. The zero-order valence-electron chi connectivity index (χ0n) is 36.0. The van der Waals surface area contributed by atoms with E-state index < -0.39 is 5.97 Å². The normalized spacial score (nSPS) is 12.4. The fraction of sp³-hybridized carbons (Fsp3) is 0.958. The molecule has 0 aliphatic heterocycles. The number of hydrogen-bond donors (Lipinski definition) is 1. The quantitative estimate of drug-likeness (QED) is 0.0500. The van der Waals surface area contributed by atoms with E-state index in [-0.39, 0.29) is 11.6 Å². The van der Waals surface area contributed by atoms with Crippen LogP contribution in [0.25, 0.3) is 0 Å². The van der Waals surface area contributed by atoms with Gasteiger partial charge in [0.1, 0.15) is 5.60 Å². The molecular weight excluding hydrogens is 641 g/mol. The number of ether oxygens (including phenoxy) is 1. The van der Waals surface area contributed by atoms with Gasteiger partial charge in [0, 0.05) is 12.8 Å². The topological polar surface area (TPSA) is 63.6 Å². The number of hydrogen-bond acceptors (Lipinski definition) is 3. The van der Waals surface area contributed by atoms with E-state index in [1.54, 1.807) is 0 Å². The van der Waals surface area contributed by atoms with E-state index in [1.807, 2.05) is 0 Å². The summed E-state index contributed by atoms with van der Waals surface area (Å²) < 4.78 is 6.67. The molecule has 0 radical (unpaired) electrons. The van der Waals surface area contributed by atoms with Gasteiger partial charge in [0.05, 0.1) is 0 Å². The molecule has 0 heterocycles. The Morgan fingerprint density at radius 2 is 0.731 bits per heavy atom. The molecule has 0 rings (SSSR count). The number of aliphatic carboxylic acids is 1. The van der Waals surface area contributed by atoms with Crippen LogP contribution in [0.5, 0.6) is 0 Å². The van der Waals surface area contributed by atoms with Crippen molar-refractivity contribution in [2.24, 2.45) is 5.92 Å². The third-order valence-electron chi connectivity index (χ3n) is 11.9. The van der Waals surface area contributed by atoms with Crippen LogP contribution < -0.4 is 0 Å². The van der Waals surface area contributed by atoms with Gasteiger partial charge >= 0.3 is 11.9 Å². The van der Waals surface area contributed by atoms with Crippen LogP contribution in [0.1, 0.15) is 285 Å². The molecule has 1 atom stereocenters. The van der Waals surface area contributed by atoms with E-state index in [1.165, 1.54) is 199 Å². The monoisotopic (exact) mass is 735 g/mol. The predicted octanol–water partition coefficient (Wildman–Crippen LogP) is 16.7. The van der Waals surface area contributed by atoms with Crippen molar-refractivity contribution in [1.82, 2.24) is 0 Å². The van der Waals surface area contributed by atoms with Crippen LogP contribution >= 0.6 is 0 Å². The molecule has 4 nitrogen and oxygen atoms in total. The lowest BCUT2D eigenvalue weighted by Gasteiger charge is -2.34. The van der Waals surface area contributed by atoms with Gasteiger partial charge in [0.15, 0.2) is 0 Å². The molecule has 0 aliphatic carbocycles. The zero-order chi connectivity index (χ0) is 38.2. The van der Waals surface area contributed by atoms with E-state index in [9.17, 15) is 9.59 Å². The molecule has 0 bridgehead atoms. The first-order valence-electron chi connectivity index (χ1n) is 23.9. The van der Waals surface area contributed by atoms with Crippen molar-refractivity contribution in [3.05, 3.63) is 0 Å². The van der Waals surface area contributed by atoms with Crippen LogP contribution in [0.3, 0.4) is 0 Å². The molecule has 0 aromatic carbocycles. The Morgan fingerprint density at radius 1 is 0.423 bits per heavy atom. The summed E-state index contributed by atoms with van der Waals surface area (Å²) in [6, 6.07) is 0. The highest BCUT2D eigenvalue weighted by atomic mass is 16.6. The number of carbonyl (C=O) groups is 2. The Balaban J connectivity index is 4.77. The van der Waals surface area contributed by atoms with Crippen molar-refractivity contribution < 1.29 is 19.4 Å². The van der Waals surface area contributed by atoms with Crippen LogP contribution in [-0.2, 0) is 14.3 Å². The zero-order valence-corrected chi connectivity index (χ0v) is 36.0. The Hall–Kier alpha value is -1.06. The molecule has 0 aromatic heterocycles. The van der Waals surface area contributed by atoms with Crippen molar-refractivity contribution in [3.8, 4) is 0 Å². The third-order valence-corrected chi connectivity index (χ3v) is 11.9. The van der Waals surface area contributed by atoms with Gasteiger partial charge < -0.3 is 9.84 Å². The lowest BCUT2D eigenvalue weighted by molar-refractivity contribution is -0.163. The molecule has 0 saturated carbocycles. The molecule has 0 amide bonds. The number of carboxylic acids is 1. The molecule has 0 spiro atoms. The van der Waals surface area contributed by atoms with Crippen molar-refractivity contribution in [1.29, 1.82) is 0 Å². The van der Waals surface area contributed by atoms with E-state index in [4.69, 9.17) is 9.84 Å². The minimum absolute atomic E-state index is 0.0845. The Labute approximate surface area is 326 Å². The highest BCUT2D eigenvalue weighted by Crippen LogP contribution is 2.34. The van der Waals surface area contributed by atoms with Crippen LogP contribution in [-0.4, -0.2) is 22.6 Å². The van der Waals surface area contributed by atoms with Gasteiger partial charge in [-0.1, -0.05) is 220 Å². The molecule has 0 aromatic rings. The maximum absolute atomic E-state index is 13.5. The maximum atomic E-state index is 13.5. The summed E-state index contributed by atoms with van der Waals surface area (Å²) in [7, 11) is 0. The minimum Gasteiger partial charge on any atom is -0.481 e. The summed E-state index contributed by atoms with van der Waals surface area (Å²) in [4.78, 5) is 24.1. The molecule has 1 unspecified atom stereocenters. The summed E-state index contributed by atoms with van der Waals surface area (Å²) in [6.07, 6.45) is 48.6. The second kappa shape index (κ2) is 39.6. The largest absolute Gasteiger partial charge is 0.481 e. The molecule has 0 saturated heterocycles. The second-order valence-electron chi connectivity index (χ2n) is 16.9. The number of carbonyl (C=O) groups excluding carboxylic acids is 1. The average molecular weight is 735 g/mol. The standard InChI is InChI=1S/C48H94O4/c1-5-9-12-15-18-19-23-30-37-44-48(42-35-28-16-13-10-6-2,43-36-29-17-14-11-7-3)52-47(51)41-34-27-26-32-39-45(8-4)38-31-24-21-20-22-25-33-40-46(49)50/h45H,5-44H2,1-4H3,(H,49,50). The van der Waals surface area contributed by atoms with Crippen LogP contribution in [0.15, 0.2) is 0 Å². The summed E-state index contributed by atoms with van der Waals surface area (Å²) >= 11 is 0. The molecule has 1 N–H and O–H groups in total. The fourth-order valence-electron chi connectivity index (χ4n) is 8.24. The minimum atomic E-state index is -0.665. The molecule has 0 aliphatic rings. The van der Waals surface area contributed by atoms with Gasteiger partial charge in [0.2, 0.25) is 0 Å². The SMILES string of the molecule is CCCCCCCCCCCC(CCCCCCCC)(CCCCCCCC)OC(=O)CCCCCCC(CC)CCCCCCCCCC(=O)O. The first-order valence-corrected chi connectivity index (χ1v) is 23.9. The van der Waals surface area contributed by atoms with Gasteiger partial charge in [0.25, 0.3) is 0 Å². The molecular formula is C48H94O4. The lowest BCUT2D eigenvalue weighted by atomic mass is 9.84. The van der Waals surface area contributed by atoms with E-state index >= 15 is 0 Å². The number of rotatable bonds is 43. The maximum Gasteiger partial charge on any atom is 0.306 e. The number of unbranched alkanes of at least 4 members (excludes halogenated alkanes) is 27. The number of carboxylic acid groups (broad SMARTS) is 1. The molecule has 52 heavy (non-hydrogen) atoms. The van der Waals surface area contributed by atoms with Gasteiger partial charge in [-0.05, 0) is 57.3 Å². The van der Waals surface area contributed by atoms with Crippen molar-refractivity contribution >= 4 is 11.9 Å². The predicted molar refractivity (Wildman–Crippen MR) is 227 cm³/mol. The summed E-state index contributed by atoms with van der Waals surface area (Å²) in [5, 5.41) is 8.76. The highest BCUT2D eigenvalue weighted by Gasteiger charge is 2.33. The summed E-state index contributed by atoms with van der Waals surface area (Å²) in [5.41, 5.74) is -0.234. The molecule has 4 heteroatoms. The Kier molecular flexibility index (Phi) is 38.8. The van der Waals surface area contributed by atoms with Crippen LogP contribution in [0.2, 0.25) is 0 Å². The second-order valence-corrected chi connectivity index (χ2v) is 16.9.